The Bertz CT molecular complexity index is 1790. The summed E-state index contributed by atoms with van der Waals surface area (Å²) in [5.41, 5.74) is 1.38. The SMILES string of the molecule is C=CC(=O)Nc1cc2c(Nc3ccc(OCc4ccccn4)c(Cl)c3)ncnc2cc1C#CC(C)(C)N(C)C(=O)OC(C)(C)C. The highest BCUT2D eigenvalue weighted by Crippen LogP contribution is 2.32. The minimum absolute atomic E-state index is 0.281. The maximum atomic E-state index is 12.7. The van der Waals surface area contributed by atoms with E-state index in [-0.39, 0.29) is 6.61 Å². The van der Waals surface area contributed by atoms with Crippen LogP contribution >= 0.6 is 11.6 Å². The highest BCUT2D eigenvalue weighted by atomic mass is 35.5. The minimum Gasteiger partial charge on any atom is -0.486 e. The summed E-state index contributed by atoms with van der Waals surface area (Å²) in [6.07, 6.45) is 3.80. The van der Waals surface area contributed by atoms with Crippen LogP contribution in [0.15, 0.2) is 73.7 Å². The Labute approximate surface area is 267 Å². The van der Waals surface area contributed by atoms with Crippen molar-refractivity contribution >= 4 is 51.7 Å². The van der Waals surface area contributed by atoms with E-state index < -0.39 is 23.1 Å². The lowest BCUT2D eigenvalue weighted by atomic mass is 10.0. The van der Waals surface area contributed by atoms with E-state index in [1.54, 1.807) is 72.1 Å². The Hall–Kier alpha value is -5.14. The van der Waals surface area contributed by atoms with Crippen LogP contribution in [0.5, 0.6) is 5.75 Å². The Kier molecular flexibility index (Phi) is 9.95. The van der Waals surface area contributed by atoms with Crippen molar-refractivity contribution in [2.24, 2.45) is 0 Å². The van der Waals surface area contributed by atoms with Crippen molar-refractivity contribution in [1.82, 2.24) is 19.9 Å². The van der Waals surface area contributed by atoms with Gasteiger partial charge < -0.3 is 20.1 Å². The number of rotatable bonds is 8. The van der Waals surface area contributed by atoms with Crippen LogP contribution in [0.1, 0.15) is 45.9 Å². The number of hydrogen-bond donors (Lipinski definition) is 2. The van der Waals surface area contributed by atoms with E-state index in [9.17, 15) is 9.59 Å². The number of nitrogens with one attached hydrogen (secondary N) is 2. The topological polar surface area (TPSA) is 119 Å². The van der Waals surface area contributed by atoms with Crippen molar-refractivity contribution in [2.75, 3.05) is 17.7 Å². The van der Waals surface area contributed by atoms with E-state index >= 15 is 0 Å². The molecule has 11 heteroatoms. The molecule has 0 saturated carbocycles. The fourth-order valence-corrected chi connectivity index (χ4v) is 4.16. The van der Waals surface area contributed by atoms with Crippen molar-refractivity contribution < 1.29 is 19.1 Å². The first-order valence-electron chi connectivity index (χ1n) is 14.1. The molecule has 0 aliphatic heterocycles. The zero-order valence-corrected chi connectivity index (χ0v) is 26.8. The predicted molar refractivity (Wildman–Crippen MR) is 177 cm³/mol. The van der Waals surface area contributed by atoms with Crippen LogP contribution in [0.25, 0.3) is 10.9 Å². The molecule has 0 radical (unpaired) electrons. The lowest BCUT2D eigenvalue weighted by Crippen LogP contribution is -2.46. The van der Waals surface area contributed by atoms with Gasteiger partial charge in [0.15, 0.2) is 0 Å². The molecule has 2 aromatic heterocycles. The Morgan fingerprint density at radius 3 is 2.51 bits per heavy atom. The third kappa shape index (κ3) is 8.71. The highest BCUT2D eigenvalue weighted by molar-refractivity contribution is 6.32. The maximum Gasteiger partial charge on any atom is 0.411 e. The highest BCUT2D eigenvalue weighted by Gasteiger charge is 2.29. The van der Waals surface area contributed by atoms with Crippen molar-refractivity contribution in [3.05, 3.63) is 90.0 Å². The molecule has 4 rings (SSSR count). The summed E-state index contributed by atoms with van der Waals surface area (Å²) in [5, 5.41) is 7.12. The number of hydrogen-bond acceptors (Lipinski definition) is 8. The molecule has 0 aliphatic rings. The second-order valence-corrected chi connectivity index (χ2v) is 12.0. The number of pyridine rings is 1. The van der Waals surface area contributed by atoms with Crippen LogP contribution in [0, 0.1) is 11.8 Å². The Morgan fingerprint density at radius 2 is 1.84 bits per heavy atom. The number of carbonyl (C=O) groups is 2. The van der Waals surface area contributed by atoms with Crippen molar-refractivity contribution in [2.45, 2.75) is 52.4 Å². The van der Waals surface area contributed by atoms with Crippen LogP contribution in [0.4, 0.5) is 22.0 Å². The van der Waals surface area contributed by atoms with Gasteiger partial charge in [0.25, 0.3) is 0 Å². The molecule has 232 valence electrons. The quantitative estimate of drug-likeness (QED) is 0.157. The summed E-state index contributed by atoms with van der Waals surface area (Å²) in [6.45, 7) is 12.8. The summed E-state index contributed by atoms with van der Waals surface area (Å²) < 4.78 is 11.3. The molecular weight excluding hydrogens is 592 g/mol. The first kappa shape index (κ1) is 32.8. The minimum atomic E-state index is -0.901. The van der Waals surface area contributed by atoms with E-state index in [0.29, 0.717) is 44.4 Å². The lowest BCUT2D eigenvalue weighted by Gasteiger charge is -2.32. The van der Waals surface area contributed by atoms with Crippen LogP contribution in [-0.4, -0.2) is 50.0 Å². The van der Waals surface area contributed by atoms with Gasteiger partial charge in [-0.15, -0.1) is 0 Å². The molecule has 0 aliphatic carbocycles. The third-order valence-electron chi connectivity index (χ3n) is 6.52. The van der Waals surface area contributed by atoms with E-state index in [2.05, 4.69) is 44.0 Å². The zero-order chi connectivity index (χ0) is 32.8. The van der Waals surface area contributed by atoms with Gasteiger partial charge in [0, 0.05) is 24.3 Å². The molecule has 0 saturated heterocycles. The first-order chi connectivity index (χ1) is 21.3. The number of fused-ring (bicyclic) bond motifs is 1. The van der Waals surface area contributed by atoms with Gasteiger partial charge in [0.05, 0.1) is 27.5 Å². The fourth-order valence-electron chi connectivity index (χ4n) is 3.92. The van der Waals surface area contributed by atoms with Gasteiger partial charge in [-0.05, 0) is 83.2 Å². The van der Waals surface area contributed by atoms with Gasteiger partial charge in [0.2, 0.25) is 5.91 Å². The molecule has 10 nitrogen and oxygen atoms in total. The Balaban J connectivity index is 1.64. The largest absolute Gasteiger partial charge is 0.486 e. The number of anilines is 3. The molecule has 0 atom stereocenters. The average molecular weight is 627 g/mol. The van der Waals surface area contributed by atoms with Crippen molar-refractivity contribution in [3.8, 4) is 17.6 Å². The number of nitrogens with zero attached hydrogens (tertiary/aromatic N) is 4. The summed E-state index contributed by atoms with van der Waals surface area (Å²) in [7, 11) is 1.63. The number of benzene rings is 2. The summed E-state index contributed by atoms with van der Waals surface area (Å²) in [6, 6.07) is 14.4. The molecule has 4 aromatic rings. The van der Waals surface area contributed by atoms with E-state index in [1.165, 1.54) is 17.3 Å². The fraction of sp³-hybridized carbons (Fsp3) is 0.265. The van der Waals surface area contributed by atoms with Crippen LogP contribution < -0.4 is 15.4 Å². The standard InChI is InChI=1S/C34H35ClN6O4/c1-8-30(42)40-27-19-25-28(17-22(27)14-15-34(5,6)41(7)32(43)45-33(2,3)4)37-21-38-31(25)39-23-12-13-29(26(35)18-23)44-20-24-11-9-10-16-36-24/h8-13,16-19,21H,1,20H2,2-7H3,(H,40,42)(H,37,38,39). The number of amides is 2. The summed E-state index contributed by atoms with van der Waals surface area (Å²) in [5.74, 6) is 6.83. The molecule has 2 amide bonds. The number of halogens is 1. The lowest BCUT2D eigenvalue weighted by molar-refractivity contribution is -0.111. The molecule has 0 spiro atoms. The summed E-state index contributed by atoms with van der Waals surface area (Å²) in [4.78, 5) is 39.6. The van der Waals surface area contributed by atoms with Gasteiger partial charge in [0.1, 0.15) is 35.6 Å². The van der Waals surface area contributed by atoms with E-state index in [0.717, 1.165) is 5.69 Å². The van der Waals surface area contributed by atoms with Crippen LogP contribution in [0.3, 0.4) is 0 Å². The van der Waals surface area contributed by atoms with E-state index in [4.69, 9.17) is 21.1 Å². The normalized spacial score (nSPS) is 11.2. The molecule has 2 heterocycles. The smallest absolute Gasteiger partial charge is 0.411 e. The molecular formula is C34H35ClN6O4. The van der Waals surface area contributed by atoms with Crippen molar-refractivity contribution in [3.63, 3.8) is 0 Å². The monoisotopic (exact) mass is 626 g/mol. The third-order valence-corrected chi connectivity index (χ3v) is 6.82. The molecule has 0 bridgehead atoms. The second-order valence-electron chi connectivity index (χ2n) is 11.6. The molecule has 45 heavy (non-hydrogen) atoms. The average Bonchev–Trinajstić information content (AvgIpc) is 2.99. The number of ether oxygens (including phenoxy) is 2. The molecule has 0 fully saturated rings. The van der Waals surface area contributed by atoms with Crippen molar-refractivity contribution in [1.29, 1.82) is 0 Å². The molecule has 2 aromatic carbocycles. The maximum absolute atomic E-state index is 12.7. The van der Waals surface area contributed by atoms with Gasteiger partial charge in [-0.3, -0.25) is 14.7 Å². The first-order valence-corrected chi connectivity index (χ1v) is 14.4. The number of carbonyl (C=O) groups excluding carboxylic acids is 2. The molecule has 0 unspecified atom stereocenters. The van der Waals surface area contributed by atoms with Crippen LogP contribution in [-0.2, 0) is 16.1 Å². The van der Waals surface area contributed by atoms with Crippen LogP contribution in [0.2, 0.25) is 5.02 Å². The van der Waals surface area contributed by atoms with Gasteiger partial charge in [-0.25, -0.2) is 14.8 Å². The van der Waals surface area contributed by atoms with Gasteiger partial charge in [-0.2, -0.15) is 0 Å². The second kappa shape index (κ2) is 13.7. The Morgan fingerprint density at radius 1 is 1.07 bits per heavy atom. The summed E-state index contributed by atoms with van der Waals surface area (Å²) >= 11 is 6.52. The molecule has 2 N–H and O–H groups in total. The zero-order valence-electron chi connectivity index (χ0n) is 26.1. The van der Waals surface area contributed by atoms with Gasteiger partial charge in [-0.1, -0.05) is 36.1 Å². The predicted octanol–water partition coefficient (Wildman–Crippen LogP) is 7.12. The van der Waals surface area contributed by atoms with E-state index in [1.807, 2.05) is 24.3 Å². The number of aromatic nitrogens is 3. The van der Waals surface area contributed by atoms with Gasteiger partial charge >= 0.3 is 6.09 Å².